The molecule has 38 heavy (non-hydrogen) atoms. The van der Waals surface area contributed by atoms with Gasteiger partial charge in [0.2, 0.25) is 0 Å². The first-order valence-electron chi connectivity index (χ1n) is 12.4. The molecule has 0 radical (unpaired) electrons. The normalized spacial score (nSPS) is 19.2. The van der Waals surface area contributed by atoms with Gasteiger partial charge in [-0.05, 0) is 77.5 Å². The predicted octanol–water partition coefficient (Wildman–Crippen LogP) is 5.55. The third-order valence-corrected chi connectivity index (χ3v) is 7.48. The van der Waals surface area contributed by atoms with Crippen LogP contribution in [0.25, 0.3) is 0 Å². The zero-order chi connectivity index (χ0) is 27.4. The number of carbonyl (C=O) groups is 2. The smallest absolute Gasteiger partial charge is 0.336 e. The average Bonchev–Trinajstić information content (AvgIpc) is 2.91. The molecule has 2 aliphatic rings. The molecule has 0 amide bonds. The van der Waals surface area contributed by atoms with Crippen molar-refractivity contribution in [2.45, 2.75) is 38.5 Å². The van der Waals surface area contributed by atoms with Gasteiger partial charge >= 0.3 is 5.97 Å². The first kappa shape index (κ1) is 27.9. The lowest BCUT2D eigenvalue weighted by Crippen LogP contribution is -2.36. The summed E-state index contributed by atoms with van der Waals surface area (Å²) in [4.78, 5) is 27.0. The molecular weight excluding hydrogens is 557 g/mol. The molecule has 0 bridgehead atoms. The van der Waals surface area contributed by atoms with E-state index in [0.29, 0.717) is 46.9 Å². The van der Waals surface area contributed by atoms with E-state index in [0.717, 1.165) is 11.3 Å². The summed E-state index contributed by atoms with van der Waals surface area (Å²) in [5.74, 6) is -0.638. The third kappa shape index (κ3) is 5.63. The molecule has 1 aliphatic heterocycles. The highest BCUT2D eigenvalue weighted by atomic mass is 79.9. The molecule has 202 valence electrons. The van der Waals surface area contributed by atoms with Crippen molar-refractivity contribution in [3.63, 3.8) is 0 Å². The molecule has 1 aliphatic carbocycles. The topological polar surface area (TPSA) is 83.1 Å². The number of allylic oxidation sites excluding steroid dienone is 3. The van der Waals surface area contributed by atoms with Gasteiger partial charge in [-0.25, -0.2) is 9.18 Å². The standard InChI is InChI=1S/C29H31BrFNO6/c1-5-37-10-11-38-29(34)26-16(2)32-22-13-19(17-7-9-24(35-3)25(15-17)36-4)14-23(33)28(22)27(26)18-6-8-21(31)20(30)12-18/h6-9,12,15,19,27,32H,5,10-11,13-14H2,1-4H3/t19-,27+/m0/s1. The number of nitrogens with one attached hydrogen (secondary N) is 1. The van der Waals surface area contributed by atoms with Crippen molar-refractivity contribution in [1.82, 2.24) is 5.32 Å². The predicted molar refractivity (Wildman–Crippen MR) is 144 cm³/mol. The summed E-state index contributed by atoms with van der Waals surface area (Å²) in [5.41, 5.74) is 3.75. The summed E-state index contributed by atoms with van der Waals surface area (Å²) in [7, 11) is 3.15. The van der Waals surface area contributed by atoms with Crippen LogP contribution in [0.4, 0.5) is 4.39 Å². The Balaban J connectivity index is 1.73. The average molecular weight is 588 g/mol. The van der Waals surface area contributed by atoms with Crippen LogP contribution in [0.3, 0.4) is 0 Å². The SMILES string of the molecule is CCOCCOC(=O)C1=C(C)NC2=C(C(=O)C[C@@H](c3ccc(OC)c(OC)c3)C2)[C@@H]1c1ccc(F)c(Br)c1. The highest BCUT2D eigenvalue weighted by molar-refractivity contribution is 9.10. The van der Waals surface area contributed by atoms with Gasteiger partial charge in [-0.3, -0.25) is 4.79 Å². The Morgan fingerprint density at radius 3 is 2.47 bits per heavy atom. The van der Waals surface area contributed by atoms with Crippen molar-refractivity contribution in [2.75, 3.05) is 34.0 Å². The van der Waals surface area contributed by atoms with E-state index in [1.165, 1.54) is 6.07 Å². The molecule has 0 fully saturated rings. The summed E-state index contributed by atoms with van der Waals surface area (Å²) in [5, 5.41) is 3.32. The fraction of sp³-hybridized carbons (Fsp3) is 0.379. The van der Waals surface area contributed by atoms with Gasteiger partial charge in [0.1, 0.15) is 12.4 Å². The summed E-state index contributed by atoms with van der Waals surface area (Å²) in [6.45, 7) is 4.52. The van der Waals surface area contributed by atoms with Gasteiger partial charge in [0.05, 0.1) is 30.9 Å². The summed E-state index contributed by atoms with van der Waals surface area (Å²) in [6, 6.07) is 10.2. The highest BCUT2D eigenvalue weighted by Crippen LogP contribution is 2.47. The van der Waals surface area contributed by atoms with E-state index < -0.39 is 17.7 Å². The largest absolute Gasteiger partial charge is 0.493 e. The molecule has 1 N–H and O–H groups in total. The zero-order valence-electron chi connectivity index (χ0n) is 21.9. The number of methoxy groups -OCH3 is 2. The van der Waals surface area contributed by atoms with Crippen LogP contribution in [0, 0.1) is 5.82 Å². The molecule has 0 spiro atoms. The van der Waals surface area contributed by atoms with Gasteiger partial charge in [-0.2, -0.15) is 0 Å². The molecule has 0 saturated carbocycles. The van der Waals surface area contributed by atoms with Crippen LogP contribution in [0.1, 0.15) is 49.7 Å². The number of rotatable bonds is 9. The van der Waals surface area contributed by atoms with Crippen LogP contribution >= 0.6 is 15.9 Å². The minimum Gasteiger partial charge on any atom is -0.493 e. The molecule has 1 heterocycles. The fourth-order valence-electron chi connectivity index (χ4n) is 5.09. The second-order valence-electron chi connectivity index (χ2n) is 9.14. The Morgan fingerprint density at radius 1 is 1.05 bits per heavy atom. The number of Topliss-reactive ketones (excluding diaryl/α,β-unsaturated/α-hetero) is 1. The Hall–Kier alpha value is -3.17. The number of ketones is 1. The minimum atomic E-state index is -0.693. The van der Waals surface area contributed by atoms with Crippen molar-refractivity contribution in [3.05, 3.63) is 80.4 Å². The maximum atomic E-state index is 14.1. The number of dihydropyridines is 1. The Kier molecular flexibility index (Phi) is 8.89. The Bertz CT molecular complexity index is 1300. The van der Waals surface area contributed by atoms with Crippen LogP contribution < -0.4 is 14.8 Å². The number of hydrogen-bond acceptors (Lipinski definition) is 7. The summed E-state index contributed by atoms with van der Waals surface area (Å²) < 4.78 is 36.0. The molecular formula is C29H31BrFNO6. The Labute approximate surface area is 230 Å². The summed E-state index contributed by atoms with van der Waals surface area (Å²) >= 11 is 3.25. The van der Waals surface area contributed by atoms with Gasteiger partial charge in [0.15, 0.2) is 17.3 Å². The van der Waals surface area contributed by atoms with Crippen molar-refractivity contribution >= 4 is 27.7 Å². The van der Waals surface area contributed by atoms with Gasteiger partial charge < -0.3 is 24.3 Å². The first-order valence-corrected chi connectivity index (χ1v) is 13.2. The number of halogens is 2. The number of benzene rings is 2. The van der Waals surface area contributed by atoms with E-state index in [-0.39, 0.29) is 35.8 Å². The van der Waals surface area contributed by atoms with E-state index in [4.69, 9.17) is 18.9 Å². The number of hydrogen-bond donors (Lipinski definition) is 1. The molecule has 7 nitrogen and oxygen atoms in total. The lowest BCUT2D eigenvalue weighted by Gasteiger charge is -2.37. The van der Waals surface area contributed by atoms with E-state index >= 15 is 0 Å². The van der Waals surface area contributed by atoms with E-state index in [1.54, 1.807) is 33.3 Å². The van der Waals surface area contributed by atoms with Crippen molar-refractivity contribution in [3.8, 4) is 11.5 Å². The molecule has 0 unspecified atom stereocenters. The molecule has 2 aromatic rings. The van der Waals surface area contributed by atoms with Crippen LogP contribution in [0.15, 0.2) is 63.4 Å². The lowest BCUT2D eigenvalue weighted by atomic mass is 9.71. The van der Waals surface area contributed by atoms with Gasteiger partial charge in [-0.15, -0.1) is 0 Å². The quantitative estimate of drug-likeness (QED) is 0.304. The zero-order valence-corrected chi connectivity index (χ0v) is 23.4. The maximum absolute atomic E-state index is 14.1. The van der Waals surface area contributed by atoms with Gasteiger partial charge in [0.25, 0.3) is 0 Å². The van der Waals surface area contributed by atoms with E-state index in [9.17, 15) is 14.0 Å². The number of ether oxygens (including phenoxy) is 4. The molecule has 2 atom stereocenters. The monoisotopic (exact) mass is 587 g/mol. The fourth-order valence-corrected chi connectivity index (χ4v) is 5.49. The second-order valence-corrected chi connectivity index (χ2v) is 9.99. The molecule has 0 aromatic heterocycles. The number of carbonyl (C=O) groups excluding carboxylic acids is 2. The molecule has 2 aromatic carbocycles. The van der Waals surface area contributed by atoms with Crippen LogP contribution in [-0.4, -0.2) is 45.8 Å². The summed E-state index contributed by atoms with van der Waals surface area (Å²) in [6.07, 6.45) is 0.806. The Morgan fingerprint density at radius 2 is 1.79 bits per heavy atom. The number of esters is 1. The van der Waals surface area contributed by atoms with Crippen molar-refractivity contribution in [1.29, 1.82) is 0 Å². The molecule has 9 heteroatoms. The minimum absolute atomic E-state index is 0.0869. The van der Waals surface area contributed by atoms with Gasteiger partial charge in [0, 0.05) is 35.9 Å². The first-order chi connectivity index (χ1) is 18.3. The van der Waals surface area contributed by atoms with E-state index in [1.807, 2.05) is 25.1 Å². The lowest BCUT2D eigenvalue weighted by molar-refractivity contribution is -0.140. The van der Waals surface area contributed by atoms with Crippen LogP contribution in [-0.2, 0) is 19.1 Å². The van der Waals surface area contributed by atoms with Gasteiger partial charge in [-0.1, -0.05) is 12.1 Å². The van der Waals surface area contributed by atoms with Crippen LogP contribution in [0.2, 0.25) is 0 Å². The third-order valence-electron chi connectivity index (χ3n) is 6.87. The van der Waals surface area contributed by atoms with Crippen molar-refractivity contribution in [2.24, 2.45) is 0 Å². The second kappa shape index (κ2) is 12.1. The maximum Gasteiger partial charge on any atom is 0.336 e. The molecule has 0 saturated heterocycles. The van der Waals surface area contributed by atoms with E-state index in [2.05, 4.69) is 21.2 Å². The highest BCUT2D eigenvalue weighted by Gasteiger charge is 2.41. The van der Waals surface area contributed by atoms with Crippen LogP contribution in [0.5, 0.6) is 11.5 Å². The molecule has 4 rings (SSSR count). The van der Waals surface area contributed by atoms with Crippen molar-refractivity contribution < 1.29 is 32.9 Å².